The van der Waals surface area contributed by atoms with Crippen molar-refractivity contribution in [3.63, 3.8) is 0 Å². The van der Waals surface area contributed by atoms with Crippen LogP contribution >= 0.6 is 0 Å². The predicted molar refractivity (Wildman–Crippen MR) is 70.4 cm³/mol. The van der Waals surface area contributed by atoms with Crippen LogP contribution in [0.25, 0.3) is 0 Å². The first-order valence-electron chi connectivity index (χ1n) is 6.41. The van der Waals surface area contributed by atoms with Gasteiger partial charge < -0.3 is 10.1 Å². The van der Waals surface area contributed by atoms with E-state index in [4.69, 9.17) is 4.74 Å². The molecule has 0 spiro atoms. The van der Waals surface area contributed by atoms with Gasteiger partial charge in [0.2, 0.25) is 0 Å². The molecule has 1 heterocycles. The van der Waals surface area contributed by atoms with E-state index in [-0.39, 0.29) is 0 Å². The third-order valence-electron chi connectivity index (χ3n) is 3.62. The summed E-state index contributed by atoms with van der Waals surface area (Å²) in [6.07, 6.45) is 0. The molecule has 3 nitrogen and oxygen atoms in total. The van der Waals surface area contributed by atoms with Gasteiger partial charge in [0, 0.05) is 19.1 Å². The summed E-state index contributed by atoms with van der Waals surface area (Å²) < 4.78 is 5.29. The first-order valence-corrected chi connectivity index (χ1v) is 6.41. The molecular formula is C14H22N2O. The molecule has 0 amide bonds. The molecule has 0 aromatic heterocycles. The molecule has 1 aromatic rings. The van der Waals surface area contributed by atoms with Gasteiger partial charge >= 0.3 is 0 Å². The van der Waals surface area contributed by atoms with Crippen molar-refractivity contribution in [3.8, 4) is 5.75 Å². The van der Waals surface area contributed by atoms with E-state index in [9.17, 15) is 0 Å². The smallest absolute Gasteiger partial charge is 0.119 e. The number of fused-ring (bicyclic) bond motifs is 1. The van der Waals surface area contributed by atoms with Gasteiger partial charge in [0.25, 0.3) is 0 Å². The van der Waals surface area contributed by atoms with E-state index in [0.717, 1.165) is 31.9 Å². The Bertz CT molecular complexity index is 374. The van der Waals surface area contributed by atoms with Crippen molar-refractivity contribution in [2.24, 2.45) is 0 Å². The van der Waals surface area contributed by atoms with Crippen LogP contribution in [-0.2, 0) is 6.54 Å². The molecule has 0 aliphatic carbocycles. The van der Waals surface area contributed by atoms with E-state index in [0.29, 0.717) is 6.04 Å². The first kappa shape index (κ1) is 12.4. The van der Waals surface area contributed by atoms with E-state index in [1.165, 1.54) is 11.1 Å². The number of hydrogen-bond acceptors (Lipinski definition) is 3. The molecule has 0 unspecified atom stereocenters. The molecule has 17 heavy (non-hydrogen) atoms. The van der Waals surface area contributed by atoms with Crippen molar-refractivity contribution in [1.29, 1.82) is 0 Å². The van der Waals surface area contributed by atoms with Crippen LogP contribution in [0.2, 0.25) is 0 Å². The lowest BCUT2D eigenvalue weighted by Crippen LogP contribution is -2.39. The average molecular weight is 234 g/mol. The van der Waals surface area contributed by atoms with Gasteiger partial charge in [-0.05, 0) is 36.3 Å². The molecule has 0 fully saturated rings. The van der Waals surface area contributed by atoms with Crippen molar-refractivity contribution in [3.05, 3.63) is 29.3 Å². The largest absolute Gasteiger partial charge is 0.497 e. The van der Waals surface area contributed by atoms with Crippen molar-refractivity contribution in [1.82, 2.24) is 10.2 Å². The van der Waals surface area contributed by atoms with Gasteiger partial charge in [-0.15, -0.1) is 0 Å². The maximum Gasteiger partial charge on any atom is 0.119 e. The zero-order chi connectivity index (χ0) is 12.3. The molecule has 1 aromatic carbocycles. The monoisotopic (exact) mass is 234 g/mol. The van der Waals surface area contributed by atoms with Gasteiger partial charge in [-0.1, -0.05) is 19.9 Å². The van der Waals surface area contributed by atoms with Crippen LogP contribution in [0.15, 0.2) is 18.2 Å². The van der Waals surface area contributed by atoms with Gasteiger partial charge in [-0.25, -0.2) is 0 Å². The molecule has 0 radical (unpaired) electrons. The lowest BCUT2D eigenvalue weighted by molar-refractivity contribution is 0.204. The fourth-order valence-electron chi connectivity index (χ4n) is 2.63. The Morgan fingerprint density at radius 3 is 2.76 bits per heavy atom. The van der Waals surface area contributed by atoms with Crippen LogP contribution in [0.3, 0.4) is 0 Å². The molecule has 3 heteroatoms. The van der Waals surface area contributed by atoms with E-state index >= 15 is 0 Å². The standard InChI is InChI=1S/C14H22N2O/c1-4-16(5-2)14-10-15-9-11-8-12(17-3)6-7-13(11)14/h6-8,14-15H,4-5,9-10H2,1-3H3/t14-/m0/s1. The topological polar surface area (TPSA) is 24.5 Å². The molecule has 0 saturated heterocycles. The van der Waals surface area contributed by atoms with Crippen LogP contribution in [-0.4, -0.2) is 31.6 Å². The molecule has 1 aliphatic heterocycles. The number of nitrogens with one attached hydrogen (secondary N) is 1. The van der Waals surface area contributed by atoms with Gasteiger partial charge in [-0.3, -0.25) is 4.90 Å². The van der Waals surface area contributed by atoms with Gasteiger partial charge in [0.1, 0.15) is 5.75 Å². The van der Waals surface area contributed by atoms with Crippen molar-refractivity contribution < 1.29 is 4.74 Å². The van der Waals surface area contributed by atoms with E-state index in [2.05, 4.69) is 42.3 Å². The van der Waals surface area contributed by atoms with Crippen LogP contribution in [0, 0.1) is 0 Å². The number of ether oxygens (including phenoxy) is 1. The Labute approximate surface area is 104 Å². The summed E-state index contributed by atoms with van der Waals surface area (Å²) in [5, 5.41) is 3.49. The second kappa shape index (κ2) is 5.52. The molecule has 0 saturated carbocycles. The fraction of sp³-hybridized carbons (Fsp3) is 0.571. The summed E-state index contributed by atoms with van der Waals surface area (Å²) in [5.41, 5.74) is 2.82. The quantitative estimate of drug-likeness (QED) is 0.864. The van der Waals surface area contributed by atoms with Crippen LogP contribution < -0.4 is 10.1 Å². The lowest BCUT2D eigenvalue weighted by Gasteiger charge is -2.35. The maximum absolute atomic E-state index is 5.29. The summed E-state index contributed by atoms with van der Waals surface area (Å²) in [7, 11) is 1.72. The highest BCUT2D eigenvalue weighted by molar-refractivity contribution is 5.39. The number of methoxy groups -OCH3 is 1. The molecule has 0 bridgehead atoms. The fourth-order valence-corrected chi connectivity index (χ4v) is 2.63. The van der Waals surface area contributed by atoms with Crippen LogP contribution in [0.4, 0.5) is 0 Å². The molecule has 1 N–H and O–H groups in total. The molecule has 2 rings (SSSR count). The molecular weight excluding hydrogens is 212 g/mol. The predicted octanol–water partition coefficient (Wildman–Crippen LogP) is 2.18. The summed E-state index contributed by atoms with van der Waals surface area (Å²) in [4.78, 5) is 2.50. The number of benzene rings is 1. The van der Waals surface area contributed by atoms with Gasteiger partial charge in [0.05, 0.1) is 7.11 Å². The summed E-state index contributed by atoms with van der Waals surface area (Å²) in [5.74, 6) is 0.950. The second-order valence-corrected chi connectivity index (χ2v) is 4.43. The maximum atomic E-state index is 5.29. The van der Waals surface area contributed by atoms with Gasteiger partial charge in [-0.2, -0.15) is 0 Å². The minimum absolute atomic E-state index is 0.500. The van der Waals surface area contributed by atoms with E-state index < -0.39 is 0 Å². The Balaban J connectivity index is 2.31. The number of hydrogen-bond donors (Lipinski definition) is 1. The summed E-state index contributed by atoms with van der Waals surface area (Å²) >= 11 is 0. The summed E-state index contributed by atoms with van der Waals surface area (Å²) in [6, 6.07) is 6.94. The highest BCUT2D eigenvalue weighted by atomic mass is 16.5. The zero-order valence-corrected chi connectivity index (χ0v) is 11.0. The number of likely N-dealkylation sites (N-methyl/N-ethyl adjacent to an activating group) is 1. The second-order valence-electron chi connectivity index (χ2n) is 4.43. The lowest BCUT2D eigenvalue weighted by atomic mass is 9.95. The average Bonchev–Trinajstić information content (AvgIpc) is 2.39. The molecule has 1 aliphatic rings. The number of nitrogens with zero attached hydrogens (tertiary/aromatic N) is 1. The third-order valence-corrected chi connectivity index (χ3v) is 3.62. The van der Waals surface area contributed by atoms with Crippen molar-refractivity contribution in [2.45, 2.75) is 26.4 Å². The Morgan fingerprint density at radius 2 is 2.12 bits per heavy atom. The Hall–Kier alpha value is -1.06. The van der Waals surface area contributed by atoms with Gasteiger partial charge in [0.15, 0.2) is 0 Å². The minimum Gasteiger partial charge on any atom is -0.497 e. The van der Waals surface area contributed by atoms with Crippen LogP contribution in [0.1, 0.15) is 31.0 Å². The Kier molecular flexibility index (Phi) is 4.02. The third kappa shape index (κ3) is 2.45. The van der Waals surface area contributed by atoms with Crippen molar-refractivity contribution >= 4 is 0 Å². The normalized spacial score (nSPS) is 19.2. The highest BCUT2D eigenvalue weighted by Gasteiger charge is 2.24. The van der Waals surface area contributed by atoms with Crippen molar-refractivity contribution in [2.75, 3.05) is 26.7 Å². The summed E-state index contributed by atoms with van der Waals surface area (Å²) in [6.45, 7) is 8.62. The van der Waals surface area contributed by atoms with E-state index in [1.807, 2.05) is 0 Å². The minimum atomic E-state index is 0.500. The van der Waals surface area contributed by atoms with E-state index in [1.54, 1.807) is 7.11 Å². The van der Waals surface area contributed by atoms with Crippen LogP contribution in [0.5, 0.6) is 5.75 Å². The SMILES string of the molecule is CCN(CC)[C@H]1CNCc2cc(OC)ccc21. The Morgan fingerprint density at radius 1 is 1.35 bits per heavy atom. The number of rotatable bonds is 4. The molecule has 94 valence electrons. The first-order chi connectivity index (χ1) is 8.30. The highest BCUT2D eigenvalue weighted by Crippen LogP contribution is 2.29. The zero-order valence-electron chi connectivity index (χ0n) is 11.0. The molecule has 1 atom stereocenters.